The molecule has 2 aliphatic carbocycles. The van der Waals surface area contributed by atoms with Gasteiger partial charge in [-0.1, -0.05) is 0 Å². The molecule has 2 fully saturated rings. The Labute approximate surface area is 142 Å². The van der Waals surface area contributed by atoms with E-state index in [-0.39, 0.29) is 5.56 Å². The van der Waals surface area contributed by atoms with Gasteiger partial charge >= 0.3 is 0 Å². The van der Waals surface area contributed by atoms with Gasteiger partial charge in [-0.3, -0.25) is 4.79 Å². The molecule has 2 aliphatic rings. The summed E-state index contributed by atoms with van der Waals surface area (Å²) >= 11 is 0. The van der Waals surface area contributed by atoms with Crippen molar-refractivity contribution in [1.82, 2.24) is 10.3 Å². The highest BCUT2D eigenvalue weighted by molar-refractivity contribution is 5.82. The molecule has 0 unspecified atom stereocenters. The van der Waals surface area contributed by atoms with Crippen molar-refractivity contribution in [3.63, 3.8) is 0 Å². The molecule has 0 aliphatic heterocycles. The van der Waals surface area contributed by atoms with Crippen molar-refractivity contribution in [2.24, 2.45) is 11.8 Å². The van der Waals surface area contributed by atoms with Gasteiger partial charge in [0, 0.05) is 17.6 Å². The lowest BCUT2D eigenvalue weighted by atomic mass is 9.86. The summed E-state index contributed by atoms with van der Waals surface area (Å²) in [5, 5.41) is 5.38. The van der Waals surface area contributed by atoms with Gasteiger partial charge in [-0.2, -0.15) is 0 Å². The summed E-state index contributed by atoms with van der Waals surface area (Å²) in [5.41, 5.74) is -0.0453. The number of H-pyrrole nitrogens is 1. The number of aromatic nitrogens is 1. The zero-order valence-electron chi connectivity index (χ0n) is 14.1. The summed E-state index contributed by atoms with van der Waals surface area (Å²) in [7, 11) is 0. The minimum Gasteiger partial charge on any atom is -0.493 e. The first kappa shape index (κ1) is 15.7. The second kappa shape index (κ2) is 6.98. The van der Waals surface area contributed by atoms with E-state index in [0.717, 1.165) is 23.7 Å². The molecule has 4 nitrogen and oxygen atoms in total. The third kappa shape index (κ3) is 3.81. The number of hydrogen-bond donors (Lipinski definition) is 2. The molecule has 24 heavy (non-hydrogen) atoms. The topological polar surface area (TPSA) is 54.1 Å². The highest BCUT2D eigenvalue weighted by Crippen LogP contribution is 2.30. The van der Waals surface area contributed by atoms with E-state index in [9.17, 15) is 4.79 Å². The number of aromatic amines is 1. The molecule has 4 heteroatoms. The van der Waals surface area contributed by atoms with E-state index in [1.54, 1.807) is 6.20 Å². The fourth-order valence-electron chi connectivity index (χ4n) is 3.66. The van der Waals surface area contributed by atoms with Gasteiger partial charge in [0.1, 0.15) is 5.75 Å². The predicted octanol–water partition coefficient (Wildman–Crippen LogP) is 3.47. The van der Waals surface area contributed by atoms with Crippen LogP contribution in [0.3, 0.4) is 0 Å². The number of hydrogen-bond acceptors (Lipinski definition) is 3. The zero-order chi connectivity index (χ0) is 16.4. The van der Waals surface area contributed by atoms with Crippen LogP contribution in [0.25, 0.3) is 10.8 Å². The second-order valence-electron chi connectivity index (χ2n) is 7.44. The summed E-state index contributed by atoms with van der Waals surface area (Å²) in [6.07, 6.45) is 9.57. The number of nitrogens with one attached hydrogen (secondary N) is 2. The summed E-state index contributed by atoms with van der Waals surface area (Å²) < 4.78 is 6.00. The van der Waals surface area contributed by atoms with Crippen molar-refractivity contribution in [1.29, 1.82) is 0 Å². The van der Waals surface area contributed by atoms with Crippen LogP contribution in [0.2, 0.25) is 0 Å². The molecule has 0 radical (unpaired) electrons. The molecule has 128 valence electrons. The van der Waals surface area contributed by atoms with E-state index in [2.05, 4.69) is 10.3 Å². The predicted molar refractivity (Wildman–Crippen MR) is 96.5 cm³/mol. The van der Waals surface area contributed by atoms with Gasteiger partial charge in [-0.05, 0) is 86.6 Å². The first-order chi connectivity index (χ1) is 11.8. The van der Waals surface area contributed by atoms with Gasteiger partial charge in [0.25, 0.3) is 5.56 Å². The maximum atomic E-state index is 11.7. The fourth-order valence-corrected chi connectivity index (χ4v) is 3.66. The molecule has 1 aromatic heterocycles. The largest absolute Gasteiger partial charge is 0.493 e. The van der Waals surface area contributed by atoms with Gasteiger partial charge in [0.15, 0.2) is 0 Å². The smallest absolute Gasteiger partial charge is 0.255 e. The van der Waals surface area contributed by atoms with Crippen LogP contribution >= 0.6 is 0 Å². The van der Waals surface area contributed by atoms with E-state index in [4.69, 9.17) is 4.74 Å². The Morgan fingerprint density at radius 2 is 1.83 bits per heavy atom. The van der Waals surface area contributed by atoms with Gasteiger partial charge in [0.2, 0.25) is 0 Å². The minimum atomic E-state index is -0.0453. The van der Waals surface area contributed by atoms with Crippen molar-refractivity contribution in [2.45, 2.75) is 44.6 Å². The van der Waals surface area contributed by atoms with Crippen LogP contribution in [-0.2, 0) is 0 Å². The van der Waals surface area contributed by atoms with Crippen molar-refractivity contribution in [3.8, 4) is 5.75 Å². The second-order valence-corrected chi connectivity index (χ2v) is 7.44. The van der Waals surface area contributed by atoms with Crippen molar-refractivity contribution >= 4 is 10.8 Å². The Morgan fingerprint density at radius 3 is 2.62 bits per heavy atom. The van der Waals surface area contributed by atoms with E-state index in [1.807, 2.05) is 24.3 Å². The van der Waals surface area contributed by atoms with Crippen LogP contribution in [0.1, 0.15) is 38.5 Å². The third-order valence-electron chi connectivity index (χ3n) is 5.47. The Bertz CT molecular complexity index is 743. The Kier molecular flexibility index (Phi) is 4.56. The van der Waals surface area contributed by atoms with Crippen LogP contribution in [0, 0.1) is 11.8 Å². The molecule has 2 N–H and O–H groups in total. The lowest BCUT2D eigenvalue weighted by Gasteiger charge is -2.29. The Balaban J connectivity index is 1.27. The van der Waals surface area contributed by atoms with Crippen molar-refractivity contribution in [2.75, 3.05) is 13.2 Å². The minimum absolute atomic E-state index is 0.0453. The zero-order valence-corrected chi connectivity index (χ0v) is 14.1. The van der Waals surface area contributed by atoms with Crippen LogP contribution < -0.4 is 15.6 Å². The van der Waals surface area contributed by atoms with Crippen molar-refractivity contribution in [3.05, 3.63) is 40.8 Å². The first-order valence-corrected chi connectivity index (χ1v) is 9.25. The molecule has 0 bridgehead atoms. The van der Waals surface area contributed by atoms with E-state index in [0.29, 0.717) is 17.3 Å². The summed E-state index contributed by atoms with van der Waals surface area (Å²) in [6, 6.07) is 8.35. The van der Waals surface area contributed by atoms with E-state index in [1.165, 1.54) is 45.1 Å². The van der Waals surface area contributed by atoms with Gasteiger partial charge in [-0.25, -0.2) is 0 Å². The Hall–Kier alpha value is -1.81. The molecule has 1 heterocycles. The fraction of sp³-hybridized carbons (Fsp3) is 0.550. The van der Waals surface area contributed by atoms with Crippen LogP contribution in [-0.4, -0.2) is 24.2 Å². The molecule has 0 spiro atoms. The first-order valence-electron chi connectivity index (χ1n) is 9.25. The molecule has 0 saturated heterocycles. The summed E-state index contributed by atoms with van der Waals surface area (Å²) in [4.78, 5) is 14.4. The van der Waals surface area contributed by atoms with Crippen LogP contribution in [0.5, 0.6) is 5.75 Å². The number of ether oxygens (including phenoxy) is 1. The molecular weight excluding hydrogens is 300 g/mol. The molecule has 0 atom stereocenters. The summed E-state index contributed by atoms with van der Waals surface area (Å²) in [6.45, 7) is 2.01. The molecular formula is C20H26N2O2. The van der Waals surface area contributed by atoms with Crippen LogP contribution in [0.4, 0.5) is 0 Å². The maximum Gasteiger partial charge on any atom is 0.255 e. The molecule has 0 amide bonds. The van der Waals surface area contributed by atoms with Crippen LogP contribution in [0.15, 0.2) is 35.3 Å². The highest BCUT2D eigenvalue weighted by Gasteiger charge is 2.25. The third-order valence-corrected chi connectivity index (χ3v) is 5.47. The van der Waals surface area contributed by atoms with E-state index >= 15 is 0 Å². The van der Waals surface area contributed by atoms with Gasteiger partial charge in [-0.15, -0.1) is 0 Å². The average molecular weight is 326 g/mol. The molecule has 4 rings (SSSR count). The molecule has 1 aromatic carbocycles. The lowest BCUT2D eigenvalue weighted by molar-refractivity contribution is 0.191. The lowest BCUT2D eigenvalue weighted by Crippen LogP contribution is -2.35. The number of rotatable bonds is 6. The monoisotopic (exact) mass is 326 g/mol. The number of fused-ring (bicyclic) bond motifs is 1. The molecule has 2 saturated carbocycles. The van der Waals surface area contributed by atoms with Gasteiger partial charge < -0.3 is 15.0 Å². The number of benzene rings is 1. The summed E-state index contributed by atoms with van der Waals surface area (Å²) in [5.74, 6) is 2.48. The SMILES string of the molecule is O=c1[nH]ccc2cc(OCC3CCC(NCC4CC4)CC3)ccc12. The number of pyridine rings is 1. The maximum absolute atomic E-state index is 11.7. The van der Waals surface area contributed by atoms with Crippen molar-refractivity contribution < 1.29 is 4.74 Å². The van der Waals surface area contributed by atoms with E-state index < -0.39 is 0 Å². The Morgan fingerprint density at radius 1 is 1.04 bits per heavy atom. The standard InChI is InChI=1S/C20H26N2O2/c23-20-19-8-7-18(11-16(19)9-10-21-20)24-13-15-3-5-17(6-4-15)22-12-14-1-2-14/h7-11,14-15,17,22H,1-6,12-13H2,(H,21,23). The quantitative estimate of drug-likeness (QED) is 0.855. The average Bonchev–Trinajstić information content (AvgIpc) is 3.44. The normalized spacial score (nSPS) is 24.2. The van der Waals surface area contributed by atoms with Gasteiger partial charge in [0.05, 0.1) is 6.61 Å². The highest BCUT2D eigenvalue weighted by atomic mass is 16.5. The molecule has 2 aromatic rings.